The molecule has 1 N–H and O–H groups in total. The molecule has 2 aliphatic heterocycles. The molecule has 0 aliphatic carbocycles. The van der Waals surface area contributed by atoms with Crippen molar-refractivity contribution in [2.24, 2.45) is 5.92 Å². The predicted molar refractivity (Wildman–Crippen MR) is 44.3 cm³/mol. The Morgan fingerprint density at radius 2 is 2.25 bits per heavy atom. The Morgan fingerprint density at radius 3 is 2.92 bits per heavy atom. The van der Waals surface area contributed by atoms with Crippen LogP contribution in [0.2, 0.25) is 0 Å². The van der Waals surface area contributed by atoms with Gasteiger partial charge in [0.2, 0.25) is 0 Å². The Labute approximate surface area is 72.6 Å². The van der Waals surface area contributed by atoms with E-state index in [9.17, 15) is 5.11 Å². The lowest BCUT2D eigenvalue weighted by atomic mass is 9.89. The lowest BCUT2D eigenvalue weighted by Crippen LogP contribution is -2.48. The van der Waals surface area contributed by atoms with Crippen LogP contribution in [-0.2, 0) is 0 Å². The SMILES string of the molecule is CN1C2CCC1C(C#N)C(O)C2. The van der Waals surface area contributed by atoms with Crippen LogP contribution in [0.25, 0.3) is 0 Å². The molecule has 2 bridgehead atoms. The molecule has 0 radical (unpaired) electrons. The highest BCUT2D eigenvalue weighted by Gasteiger charge is 2.44. The Balaban J connectivity index is 2.21. The van der Waals surface area contributed by atoms with Crippen molar-refractivity contribution in [2.75, 3.05) is 7.05 Å². The van der Waals surface area contributed by atoms with Gasteiger partial charge in [0.25, 0.3) is 0 Å². The Bertz CT molecular complexity index is 223. The first-order valence-electron chi connectivity index (χ1n) is 4.53. The molecule has 4 unspecified atom stereocenters. The third-order valence-electron chi connectivity index (χ3n) is 3.39. The maximum Gasteiger partial charge on any atom is 0.0878 e. The van der Waals surface area contributed by atoms with Crippen molar-refractivity contribution in [3.8, 4) is 6.07 Å². The summed E-state index contributed by atoms with van der Waals surface area (Å²) in [6.45, 7) is 0. The summed E-state index contributed by atoms with van der Waals surface area (Å²) in [5.74, 6) is -0.159. The molecule has 2 saturated heterocycles. The number of aliphatic hydroxyl groups excluding tert-OH is 1. The van der Waals surface area contributed by atoms with E-state index in [1.165, 1.54) is 0 Å². The highest BCUT2D eigenvalue weighted by Crippen LogP contribution is 2.37. The van der Waals surface area contributed by atoms with Gasteiger partial charge in [0.1, 0.15) is 0 Å². The Morgan fingerprint density at radius 1 is 1.50 bits per heavy atom. The molecule has 2 aliphatic rings. The largest absolute Gasteiger partial charge is 0.392 e. The number of fused-ring (bicyclic) bond motifs is 2. The molecule has 0 spiro atoms. The second-order valence-electron chi connectivity index (χ2n) is 3.92. The van der Waals surface area contributed by atoms with E-state index in [-0.39, 0.29) is 12.0 Å². The van der Waals surface area contributed by atoms with Crippen LogP contribution in [0.5, 0.6) is 0 Å². The quantitative estimate of drug-likeness (QED) is 0.565. The van der Waals surface area contributed by atoms with Crippen molar-refractivity contribution >= 4 is 0 Å². The van der Waals surface area contributed by atoms with Gasteiger partial charge >= 0.3 is 0 Å². The molecular weight excluding hydrogens is 152 g/mol. The van der Waals surface area contributed by atoms with Gasteiger partial charge in [-0.2, -0.15) is 5.26 Å². The standard InChI is InChI=1S/C9H14N2O/c1-11-6-2-3-8(11)7(5-10)9(12)4-6/h6-9,12H,2-4H2,1H3. The summed E-state index contributed by atoms with van der Waals surface area (Å²) in [6, 6.07) is 3.05. The van der Waals surface area contributed by atoms with Gasteiger partial charge in [-0.05, 0) is 26.3 Å². The lowest BCUT2D eigenvalue weighted by molar-refractivity contribution is 0.0171. The third kappa shape index (κ3) is 0.954. The average molecular weight is 166 g/mol. The van der Waals surface area contributed by atoms with E-state index in [1.807, 2.05) is 0 Å². The van der Waals surface area contributed by atoms with Gasteiger partial charge in [-0.1, -0.05) is 0 Å². The van der Waals surface area contributed by atoms with Crippen LogP contribution in [0.1, 0.15) is 19.3 Å². The first-order chi connectivity index (χ1) is 5.74. The van der Waals surface area contributed by atoms with E-state index in [1.54, 1.807) is 0 Å². The molecule has 66 valence electrons. The fraction of sp³-hybridized carbons (Fsp3) is 0.889. The van der Waals surface area contributed by atoms with E-state index in [0.717, 1.165) is 19.3 Å². The van der Waals surface area contributed by atoms with Gasteiger partial charge in [0.15, 0.2) is 0 Å². The fourth-order valence-corrected chi connectivity index (χ4v) is 2.61. The summed E-state index contributed by atoms with van der Waals surface area (Å²) in [4.78, 5) is 2.26. The molecular formula is C9H14N2O. The van der Waals surface area contributed by atoms with E-state index in [0.29, 0.717) is 12.1 Å². The molecule has 2 rings (SSSR count). The molecule has 3 heteroatoms. The average Bonchev–Trinajstić information content (AvgIpc) is 2.34. The molecule has 12 heavy (non-hydrogen) atoms. The molecule has 0 aromatic rings. The summed E-state index contributed by atoms with van der Waals surface area (Å²) < 4.78 is 0. The smallest absolute Gasteiger partial charge is 0.0878 e. The minimum atomic E-state index is -0.385. The number of nitrogens with zero attached hydrogens (tertiary/aromatic N) is 2. The molecule has 4 atom stereocenters. The van der Waals surface area contributed by atoms with Crippen LogP contribution >= 0.6 is 0 Å². The topological polar surface area (TPSA) is 47.3 Å². The molecule has 3 nitrogen and oxygen atoms in total. The normalized spacial score (nSPS) is 47.4. The summed E-state index contributed by atoms with van der Waals surface area (Å²) in [7, 11) is 2.07. The first kappa shape index (κ1) is 8.03. The van der Waals surface area contributed by atoms with E-state index < -0.39 is 0 Å². The van der Waals surface area contributed by atoms with E-state index in [2.05, 4.69) is 18.0 Å². The second-order valence-corrected chi connectivity index (χ2v) is 3.92. The summed E-state index contributed by atoms with van der Waals surface area (Å²) in [5.41, 5.74) is 0. The van der Waals surface area contributed by atoms with Crippen LogP contribution < -0.4 is 0 Å². The molecule has 0 aromatic carbocycles. The second kappa shape index (κ2) is 2.72. The van der Waals surface area contributed by atoms with Crippen LogP contribution in [-0.4, -0.2) is 35.2 Å². The van der Waals surface area contributed by atoms with Gasteiger partial charge in [0.05, 0.1) is 18.1 Å². The van der Waals surface area contributed by atoms with Crippen LogP contribution in [0, 0.1) is 17.2 Å². The zero-order chi connectivity index (χ0) is 8.72. The summed E-state index contributed by atoms with van der Waals surface area (Å²) in [6.07, 6.45) is 2.63. The van der Waals surface area contributed by atoms with Gasteiger partial charge in [-0.3, -0.25) is 4.90 Å². The van der Waals surface area contributed by atoms with Crippen molar-refractivity contribution < 1.29 is 5.11 Å². The van der Waals surface area contributed by atoms with Crippen molar-refractivity contribution in [3.63, 3.8) is 0 Å². The number of hydrogen-bond acceptors (Lipinski definition) is 3. The van der Waals surface area contributed by atoms with Gasteiger partial charge in [-0.15, -0.1) is 0 Å². The number of hydrogen-bond donors (Lipinski definition) is 1. The van der Waals surface area contributed by atoms with Crippen molar-refractivity contribution in [2.45, 2.75) is 37.5 Å². The highest BCUT2D eigenvalue weighted by atomic mass is 16.3. The zero-order valence-corrected chi connectivity index (χ0v) is 7.27. The van der Waals surface area contributed by atoms with Gasteiger partial charge in [0, 0.05) is 12.1 Å². The van der Waals surface area contributed by atoms with Crippen LogP contribution in [0.15, 0.2) is 0 Å². The van der Waals surface area contributed by atoms with Gasteiger partial charge < -0.3 is 5.11 Å². The predicted octanol–water partition coefficient (Wildman–Crippen LogP) is 0.354. The maximum atomic E-state index is 9.62. The van der Waals surface area contributed by atoms with Crippen LogP contribution in [0.4, 0.5) is 0 Å². The first-order valence-corrected chi connectivity index (χ1v) is 4.53. The van der Waals surface area contributed by atoms with Crippen molar-refractivity contribution in [1.29, 1.82) is 5.26 Å². The molecule has 0 amide bonds. The number of rotatable bonds is 0. The summed E-state index contributed by atoms with van der Waals surface area (Å²) >= 11 is 0. The minimum absolute atomic E-state index is 0.159. The van der Waals surface area contributed by atoms with Crippen molar-refractivity contribution in [1.82, 2.24) is 4.90 Å². The van der Waals surface area contributed by atoms with Crippen LogP contribution in [0.3, 0.4) is 0 Å². The number of piperidine rings is 1. The van der Waals surface area contributed by atoms with Gasteiger partial charge in [-0.25, -0.2) is 0 Å². The molecule has 2 fully saturated rings. The third-order valence-corrected chi connectivity index (χ3v) is 3.39. The fourth-order valence-electron chi connectivity index (χ4n) is 2.61. The zero-order valence-electron chi connectivity index (χ0n) is 7.27. The highest BCUT2D eigenvalue weighted by molar-refractivity contribution is 5.06. The summed E-state index contributed by atoms with van der Waals surface area (Å²) in [5, 5.41) is 18.5. The molecule has 0 aromatic heterocycles. The molecule has 2 heterocycles. The monoisotopic (exact) mass is 166 g/mol. The lowest BCUT2D eigenvalue weighted by Gasteiger charge is -2.37. The number of nitriles is 1. The molecule has 0 saturated carbocycles. The Kier molecular flexibility index (Phi) is 1.82. The maximum absolute atomic E-state index is 9.62. The minimum Gasteiger partial charge on any atom is -0.392 e. The van der Waals surface area contributed by atoms with E-state index >= 15 is 0 Å². The van der Waals surface area contributed by atoms with E-state index in [4.69, 9.17) is 5.26 Å². The van der Waals surface area contributed by atoms with Crippen molar-refractivity contribution in [3.05, 3.63) is 0 Å². The number of aliphatic hydroxyl groups is 1. The Hall–Kier alpha value is -0.590.